The summed E-state index contributed by atoms with van der Waals surface area (Å²) in [5.41, 5.74) is 3.55. The summed E-state index contributed by atoms with van der Waals surface area (Å²) < 4.78 is 1.79. The highest BCUT2D eigenvalue weighted by Crippen LogP contribution is 2.30. The Morgan fingerprint density at radius 1 is 1.39 bits per heavy atom. The first-order valence-electron chi connectivity index (χ1n) is 5.81. The Kier molecular flexibility index (Phi) is 3.53. The van der Waals surface area contributed by atoms with Gasteiger partial charge in [0.05, 0.1) is 10.7 Å². The maximum atomic E-state index is 10.9. The molecule has 0 aliphatic carbocycles. The summed E-state index contributed by atoms with van der Waals surface area (Å²) in [6.07, 6.45) is 2.74. The number of benzene rings is 1. The maximum Gasteiger partial charge on any atom is 0.151 e. The molecule has 0 aliphatic heterocycles. The van der Waals surface area contributed by atoms with Gasteiger partial charge in [0.1, 0.15) is 0 Å². The third-order valence-corrected chi connectivity index (χ3v) is 3.18. The van der Waals surface area contributed by atoms with E-state index in [9.17, 15) is 4.79 Å². The van der Waals surface area contributed by atoms with Crippen molar-refractivity contribution < 1.29 is 4.79 Å². The minimum Gasteiger partial charge on any atom is -0.298 e. The minimum atomic E-state index is 0.330. The molecule has 1 aromatic carbocycles. The topological polar surface area (TPSA) is 34.9 Å². The van der Waals surface area contributed by atoms with Crippen LogP contribution in [-0.4, -0.2) is 16.1 Å². The number of aromatic nitrogens is 2. The van der Waals surface area contributed by atoms with E-state index >= 15 is 0 Å². The van der Waals surface area contributed by atoms with Crippen molar-refractivity contribution in [1.29, 1.82) is 0 Å². The highest BCUT2D eigenvalue weighted by molar-refractivity contribution is 6.33. The summed E-state index contributed by atoms with van der Waals surface area (Å²) >= 11 is 5.94. The lowest BCUT2D eigenvalue weighted by molar-refractivity contribution is 0.112. The Hall–Kier alpha value is -1.61. The molecule has 0 atom stereocenters. The summed E-state index contributed by atoms with van der Waals surface area (Å²) in [6.45, 7) is 4.20. The van der Waals surface area contributed by atoms with E-state index in [1.807, 2.05) is 19.3 Å². The molecular weight excluding hydrogens is 248 g/mol. The van der Waals surface area contributed by atoms with E-state index in [4.69, 9.17) is 11.6 Å². The SMILES string of the molecule is CC(C)c1nn(C)cc1-c1ccc(Cl)c(C=O)c1. The van der Waals surface area contributed by atoms with Gasteiger partial charge in [0.15, 0.2) is 6.29 Å². The smallest absolute Gasteiger partial charge is 0.151 e. The zero-order chi connectivity index (χ0) is 13.3. The molecule has 0 N–H and O–H groups in total. The van der Waals surface area contributed by atoms with Gasteiger partial charge >= 0.3 is 0 Å². The molecule has 0 spiro atoms. The van der Waals surface area contributed by atoms with Crippen molar-refractivity contribution in [3.8, 4) is 11.1 Å². The van der Waals surface area contributed by atoms with Crippen LogP contribution in [0.5, 0.6) is 0 Å². The molecule has 0 unspecified atom stereocenters. The molecule has 18 heavy (non-hydrogen) atoms. The van der Waals surface area contributed by atoms with E-state index in [0.29, 0.717) is 16.5 Å². The molecule has 0 aliphatic rings. The summed E-state index contributed by atoms with van der Waals surface area (Å²) in [5.74, 6) is 0.330. The molecule has 0 bridgehead atoms. The Balaban J connectivity index is 2.58. The zero-order valence-electron chi connectivity index (χ0n) is 10.6. The summed E-state index contributed by atoms with van der Waals surface area (Å²) in [5, 5.41) is 4.94. The van der Waals surface area contributed by atoms with Gasteiger partial charge in [-0.1, -0.05) is 31.5 Å². The molecule has 2 aromatic rings. The van der Waals surface area contributed by atoms with Crippen LogP contribution >= 0.6 is 11.6 Å². The highest BCUT2D eigenvalue weighted by atomic mass is 35.5. The fraction of sp³-hybridized carbons (Fsp3) is 0.286. The third kappa shape index (κ3) is 2.31. The second-order valence-corrected chi connectivity index (χ2v) is 5.02. The number of rotatable bonds is 3. The second-order valence-electron chi connectivity index (χ2n) is 4.61. The predicted octanol–water partition coefficient (Wildman–Crippen LogP) is 3.68. The average Bonchev–Trinajstić information content (AvgIpc) is 2.72. The molecule has 0 saturated carbocycles. The number of halogens is 1. The molecule has 1 aromatic heterocycles. The van der Waals surface area contributed by atoms with E-state index in [2.05, 4.69) is 18.9 Å². The second kappa shape index (κ2) is 4.94. The van der Waals surface area contributed by atoms with Gasteiger partial charge in [0.2, 0.25) is 0 Å². The van der Waals surface area contributed by atoms with Crippen LogP contribution in [0.4, 0.5) is 0 Å². The number of hydrogen-bond donors (Lipinski definition) is 0. The van der Waals surface area contributed by atoms with Gasteiger partial charge in [0, 0.05) is 24.4 Å². The van der Waals surface area contributed by atoms with Crippen LogP contribution in [0.25, 0.3) is 11.1 Å². The van der Waals surface area contributed by atoms with Crippen LogP contribution < -0.4 is 0 Å². The first-order chi connectivity index (χ1) is 8.52. The number of carbonyl (C=O) groups is 1. The molecule has 0 fully saturated rings. The number of aryl methyl sites for hydroxylation is 1. The molecule has 4 heteroatoms. The Bertz CT molecular complexity index is 587. The first kappa shape index (κ1) is 12.8. The average molecular weight is 263 g/mol. The summed E-state index contributed by atoms with van der Waals surface area (Å²) in [7, 11) is 1.89. The van der Waals surface area contributed by atoms with Gasteiger partial charge in [-0.25, -0.2) is 0 Å². The summed E-state index contributed by atoms with van der Waals surface area (Å²) in [6, 6.07) is 5.47. The lowest BCUT2D eigenvalue weighted by Gasteiger charge is -2.06. The Morgan fingerprint density at radius 3 is 2.72 bits per heavy atom. The molecular formula is C14H15ClN2O. The van der Waals surface area contributed by atoms with Crippen LogP contribution in [0.2, 0.25) is 5.02 Å². The van der Waals surface area contributed by atoms with E-state index < -0.39 is 0 Å². The van der Waals surface area contributed by atoms with E-state index in [1.165, 1.54) is 0 Å². The largest absolute Gasteiger partial charge is 0.298 e. The van der Waals surface area contributed by atoms with Crippen molar-refractivity contribution in [3.63, 3.8) is 0 Å². The van der Waals surface area contributed by atoms with Crippen LogP contribution in [0.15, 0.2) is 24.4 Å². The van der Waals surface area contributed by atoms with Crippen LogP contribution in [-0.2, 0) is 7.05 Å². The first-order valence-corrected chi connectivity index (χ1v) is 6.19. The molecule has 3 nitrogen and oxygen atoms in total. The normalized spacial score (nSPS) is 10.9. The monoisotopic (exact) mass is 262 g/mol. The van der Waals surface area contributed by atoms with Gasteiger partial charge in [-0.05, 0) is 23.6 Å². The standard InChI is InChI=1S/C14H15ClN2O/c1-9(2)14-12(7-17(3)16-14)10-4-5-13(15)11(6-10)8-18/h4-9H,1-3H3. The molecule has 0 amide bonds. The molecule has 0 saturated heterocycles. The molecule has 0 radical (unpaired) electrons. The minimum absolute atomic E-state index is 0.330. The quantitative estimate of drug-likeness (QED) is 0.791. The number of aldehydes is 1. The maximum absolute atomic E-state index is 10.9. The molecule has 2 rings (SSSR count). The third-order valence-electron chi connectivity index (χ3n) is 2.84. The van der Waals surface area contributed by atoms with Crippen molar-refractivity contribution in [2.24, 2.45) is 7.05 Å². The van der Waals surface area contributed by atoms with Crippen molar-refractivity contribution in [2.45, 2.75) is 19.8 Å². The predicted molar refractivity (Wildman–Crippen MR) is 73.1 cm³/mol. The number of carbonyl (C=O) groups excluding carboxylic acids is 1. The van der Waals surface area contributed by atoms with Gasteiger partial charge in [-0.15, -0.1) is 0 Å². The van der Waals surface area contributed by atoms with Crippen molar-refractivity contribution in [2.75, 3.05) is 0 Å². The van der Waals surface area contributed by atoms with Gasteiger partial charge in [0.25, 0.3) is 0 Å². The van der Waals surface area contributed by atoms with Gasteiger partial charge < -0.3 is 0 Å². The lowest BCUT2D eigenvalue weighted by atomic mass is 9.99. The summed E-state index contributed by atoms with van der Waals surface area (Å²) in [4.78, 5) is 10.9. The fourth-order valence-electron chi connectivity index (χ4n) is 1.96. The van der Waals surface area contributed by atoms with Crippen molar-refractivity contribution in [1.82, 2.24) is 9.78 Å². The molecule has 1 heterocycles. The van der Waals surface area contributed by atoms with E-state index in [0.717, 1.165) is 23.1 Å². The van der Waals surface area contributed by atoms with Gasteiger partial charge in [-0.3, -0.25) is 9.48 Å². The van der Waals surface area contributed by atoms with Crippen LogP contribution in [0.3, 0.4) is 0 Å². The Morgan fingerprint density at radius 2 is 2.11 bits per heavy atom. The Labute approximate surface area is 111 Å². The van der Waals surface area contributed by atoms with Crippen LogP contribution in [0, 0.1) is 0 Å². The van der Waals surface area contributed by atoms with Crippen LogP contribution in [0.1, 0.15) is 35.8 Å². The van der Waals surface area contributed by atoms with E-state index in [-0.39, 0.29) is 0 Å². The van der Waals surface area contributed by atoms with Crippen molar-refractivity contribution in [3.05, 3.63) is 40.7 Å². The number of hydrogen-bond acceptors (Lipinski definition) is 2. The number of nitrogens with zero attached hydrogens (tertiary/aromatic N) is 2. The lowest BCUT2D eigenvalue weighted by Crippen LogP contribution is -1.94. The fourth-order valence-corrected chi connectivity index (χ4v) is 2.12. The van der Waals surface area contributed by atoms with Crippen molar-refractivity contribution >= 4 is 17.9 Å². The van der Waals surface area contributed by atoms with E-state index in [1.54, 1.807) is 16.8 Å². The van der Waals surface area contributed by atoms with Gasteiger partial charge in [-0.2, -0.15) is 5.10 Å². The molecule has 94 valence electrons. The highest BCUT2D eigenvalue weighted by Gasteiger charge is 2.14. The zero-order valence-corrected chi connectivity index (χ0v) is 11.4.